The SMILES string of the molecule is Nc1noc(CN[C@H](COCc2ccc(C(F)(F)F)cc2C(F)(F)F)c2ccccc2)n1. The Labute approximate surface area is 178 Å². The molecule has 0 amide bonds. The van der Waals surface area contributed by atoms with E-state index in [0.717, 1.165) is 11.6 Å². The van der Waals surface area contributed by atoms with Gasteiger partial charge >= 0.3 is 12.4 Å². The van der Waals surface area contributed by atoms with Gasteiger partial charge in [0.15, 0.2) is 0 Å². The molecule has 0 fully saturated rings. The Morgan fingerprint density at radius 2 is 1.72 bits per heavy atom. The van der Waals surface area contributed by atoms with Crippen LogP contribution in [-0.2, 0) is 30.2 Å². The van der Waals surface area contributed by atoms with Gasteiger partial charge in [0.25, 0.3) is 5.95 Å². The minimum atomic E-state index is -4.96. The highest BCUT2D eigenvalue weighted by atomic mass is 19.4. The largest absolute Gasteiger partial charge is 0.416 e. The minimum absolute atomic E-state index is 0.0451. The van der Waals surface area contributed by atoms with E-state index in [-0.39, 0.29) is 31.1 Å². The smallest absolute Gasteiger partial charge is 0.375 e. The molecule has 0 spiro atoms. The molecular formula is C20H18F6N4O2. The molecule has 0 bridgehead atoms. The molecule has 32 heavy (non-hydrogen) atoms. The van der Waals surface area contributed by atoms with Gasteiger partial charge in [-0.1, -0.05) is 36.4 Å². The first kappa shape index (κ1) is 23.5. The number of nitrogen functional groups attached to an aromatic ring is 1. The van der Waals surface area contributed by atoms with Crippen LogP contribution in [0.5, 0.6) is 0 Å². The van der Waals surface area contributed by atoms with Crippen LogP contribution in [0.4, 0.5) is 32.3 Å². The van der Waals surface area contributed by atoms with Crippen LogP contribution < -0.4 is 11.1 Å². The highest BCUT2D eigenvalue weighted by Crippen LogP contribution is 2.37. The third kappa shape index (κ3) is 6.20. The van der Waals surface area contributed by atoms with E-state index in [1.54, 1.807) is 30.3 Å². The lowest BCUT2D eigenvalue weighted by atomic mass is 10.0. The molecule has 0 aliphatic heterocycles. The predicted molar refractivity (Wildman–Crippen MR) is 101 cm³/mol. The zero-order valence-electron chi connectivity index (χ0n) is 16.4. The van der Waals surface area contributed by atoms with Crippen LogP contribution >= 0.6 is 0 Å². The predicted octanol–water partition coefficient (Wildman–Crippen LogP) is 4.74. The van der Waals surface area contributed by atoms with E-state index in [2.05, 4.69) is 15.5 Å². The van der Waals surface area contributed by atoms with Crippen molar-refractivity contribution in [3.05, 3.63) is 76.7 Å². The van der Waals surface area contributed by atoms with Crippen LogP contribution in [0.3, 0.4) is 0 Å². The zero-order chi connectivity index (χ0) is 23.4. The number of nitrogens with one attached hydrogen (secondary N) is 1. The van der Waals surface area contributed by atoms with Gasteiger partial charge < -0.3 is 15.0 Å². The number of hydrogen-bond donors (Lipinski definition) is 2. The first-order valence-electron chi connectivity index (χ1n) is 9.25. The quantitative estimate of drug-likeness (QED) is 0.473. The summed E-state index contributed by atoms with van der Waals surface area (Å²) in [5.41, 5.74) is 2.99. The molecule has 0 saturated heterocycles. The molecule has 0 radical (unpaired) electrons. The lowest BCUT2D eigenvalue weighted by Gasteiger charge is -2.20. The van der Waals surface area contributed by atoms with Gasteiger partial charge in [0, 0.05) is 0 Å². The molecule has 0 saturated carbocycles. The molecule has 6 nitrogen and oxygen atoms in total. The molecular weight excluding hydrogens is 442 g/mol. The fourth-order valence-corrected chi connectivity index (χ4v) is 2.94. The summed E-state index contributed by atoms with van der Waals surface area (Å²) in [6.45, 7) is -0.501. The maximum Gasteiger partial charge on any atom is 0.416 e. The number of nitrogens with two attached hydrogens (primary N) is 1. The van der Waals surface area contributed by atoms with Crippen molar-refractivity contribution >= 4 is 5.95 Å². The normalized spacial score (nSPS) is 13.3. The monoisotopic (exact) mass is 460 g/mol. The molecule has 1 atom stereocenters. The van der Waals surface area contributed by atoms with E-state index in [1.807, 2.05) is 0 Å². The third-order valence-corrected chi connectivity index (χ3v) is 4.47. The van der Waals surface area contributed by atoms with Crippen molar-refractivity contribution in [3.8, 4) is 0 Å². The minimum Gasteiger partial charge on any atom is -0.375 e. The summed E-state index contributed by atoms with van der Waals surface area (Å²) in [6.07, 6.45) is -9.85. The summed E-state index contributed by atoms with van der Waals surface area (Å²) >= 11 is 0. The number of rotatable bonds is 8. The Bertz CT molecular complexity index is 1020. The maximum absolute atomic E-state index is 13.3. The molecule has 2 aromatic carbocycles. The number of nitrogens with zero attached hydrogens (tertiary/aromatic N) is 2. The van der Waals surface area contributed by atoms with Crippen molar-refractivity contribution in [2.45, 2.75) is 31.5 Å². The average molecular weight is 460 g/mol. The molecule has 3 N–H and O–H groups in total. The molecule has 3 rings (SSSR count). The van der Waals surface area contributed by atoms with Crippen molar-refractivity contribution in [3.63, 3.8) is 0 Å². The summed E-state index contributed by atoms with van der Waals surface area (Å²) < 4.78 is 88.8. The van der Waals surface area contributed by atoms with Crippen LogP contribution in [0.25, 0.3) is 0 Å². The molecule has 0 aliphatic rings. The number of alkyl halides is 6. The number of aromatic nitrogens is 2. The zero-order valence-corrected chi connectivity index (χ0v) is 16.4. The maximum atomic E-state index is 13.3. The summed E-state index contributed by atoms with van der Waals surface area (Å²) in [5.74, 6) is 0.154. The second-order valence-corrected chi connectivity index (χ2v) is 6.77. The van der Waals surface area contributed by atoms with Crippen molar-refractivity contribution in [2.24, 2.45) is 0 Å². The molecule has 1 heterocycles. The van der Waals surface area contributed by atoms with Gasteiger partial charge in [0.2, 0.25) is 5.89 Å². The van der Waals surface area contributed by atoms with Crippen LogP contribution in [0.15, 0.2) is 53.1 Å². The van der Waals surface area contributed by atoms with Crippen molar-refractivity contribution in [1.82, 2.24) is 15.5 Å². The van der Waals surface area contributed by atoms with Gasteiger partial charge in [-0.15, -0.1) is 0 Å². The molecule has 172 valence electrons. The molecule has 3 aromatic rings. The van der Waals surface area contributed by atoms with E-state index < -0.39 is 41.7 Å². The lowest BCUT2D eigenvalue weighted by molar-refractivity contribution is -0.143. The second kappa shape index (κ2) is 9.57. The Morgan fingerprint density at radius 1 is 1.00 bits per heavy atom. The molecule has 0 unspecified atom stereocenters. The van der Waals surface area contributed by atoms with Gasteiger partial charge in [0.05, 0.1) is 36.9 Å². The fourth-order valence-electron chi connectivity index (χ4n) is 2.94. The summed E-state index contributed by atoms with van der Waals surface area (Å²) in [6, 6.07) is 9.87. The van der Waals surface area contributed by atoms with Gasteiger partial charge in [-0.25, -0.2) is 0 Å². The van der Waals surface area contributed by atoms with Gasteiger partial charge in [0.1, 0.15) is 0 Å². The first-order valence-corrected chi connectivity index (χ1v) is 9.25. The van der Waals surface area contributed by atoms with E-state index in [0.29, 0.717) is 6.07 Å². The van der Waals surface area contributed by atoms with E-state index >= 15 is 0 Å². The standard InChI is InChI=1S/C20H18F6N4O2/c21-19(22,23)14-7-6-13(15(8-14)20(24,25)26)10-31-11-16(12-4-2-1-3-5-12)28-9-17-29-18(27)30-32-17/h1-8,16,28H,9-11H2,(H2,27,30)/t16-/m1/s1. The Balaban J connectivity index is 1.72. The lowest BCUT2D eigenvalue weighted by Crippen LogP contribution is -2.25. The third-order valence-electron chi connectivity index (χ3n) is 4.47. The van der Waals surface area contributed by atoms with Gasteiger partial charge in [-0.2, -0.15) is 31.3 Å². The van der Waals surface area contributed by atoms with E-state index in [1.165, 1.54) is 0 Å². The van der Waals surface area contributed by atoms with Crippen LogP contribution in [-0.4, -0.2) is 16.7 Å². The number of ether oxygens (including phenoxy) is 1. The highest BCUT2D eigenvalue weighted by Gasteiger charge is 2.38. The average Bonchev–Trinajstić information content (AvgIpc) is 3.15. The number of hydrogen-bond acceptors (Lipinski definition) is 6. The highest BCUT2D eigenvalue weighted by molar-refractivity contribution is 5.35. The van der Waals surface area contributed by atoms with Crippen molar-refractivity contribution in [2.75, 3.05) is 12.3 Å². The summed E-state index contributed by atoms with van der Waals surface area (Å²) in [5, 5.41) is 6.54. The van der Waals surface area contributed by atoms with Gasteiger partial charge in [-0.05, 0) is 28.4 Å². The molecule has 12 heteroatoms. The number of halogens is 6. The summed E-state index contributed by atoms with van der Waals surface area (Å²) in [4.78, 5) is 3.85. The van der Waals surface area contributed by atoms with Crippen molar-refractivity contribution in [1.29, 1.82) is 0 Å². The number of anilines is 1. The second-order valence-electron chi connectivity index (χ2n) is 6.77. The molecule has 0 aliphatic carbocycles. The first-order chi connectivity index (χ1) is 15.0. The van der Waals surface area contributed by atoms with Crippen LogP contribution in [0, 0.1) is 0 Å². The number of benzene rings is 2. The van der Waals surface area contributed by atoms with Crippen LogP contribution in [0.2, 0.25) is 0 Å². The van der Waals surface area contributed by atoms with E-state index in [9.17, 15) is 26.3 Å². The molecule has 1 aromatic heterocycles. The fraction of sp³-hybridized carbons (Fsp3) is 0.300. The van der Waals surface area contributed by atoms with Gasteiger partial charge in [-0.3, -0.25) is 5.32 Å². The van der Waals surface area contributed by atoms with Crippen molar-refractivity contribution < 1.29 is 35.6 Å². The Kier molecular flexibility index (Phi) is 7.04. The Hall–Kier alpha value is -3.12. The Morgan fingerprint density at radius 3 is 2.31 bits per heavy atom. The summed E-state index contributed by atoms with van der Waals surface area (Å²) in [7, 11) is 0. The topological polar surface area (TPSA) is 86.2 Å². The van der Waals surface area contributed by atoms with Crippen LogP contribution in [0.1, 0.15) is 34.2 Å². The van der Waals surface area contributed by atoms with E-state index in [4.69, 9.17) is 15.0 Å².